The van der Waals surface area contributed by atoms with Crippen LogP contribution in [0.1, 0.15) is 40.0 Å². The lowest BCUT2D eigenvalue weighted by atomic mass is 9.89. The van der Waals surface area contributed by atoms with E-state index in [4.69, 9.17) is 5.53 Å². The van der Waals surface area contributed by atoms with Gasteiger partial charge in [-0.25, -0.2) is 0 Å². The van der Waals surface area contributed by atoms with Crippen LogP contribution in [-0.2, 0) is 0 Å². The van der Waals surface area contributed by atoms with Crippen LogP contribution in [0.2, 0.25) is 0 Å². The van der Waals surface area contributed by atoms with Crippen LogP contribution < -0.4 is 0 Å². The molecule has 1 saturated heterocycles. The Hall–Kier alpha value is -0.990. The van der Waals surface area contributed by atoms with E-state index in [-0.39, 0.29) is 5.54 Å². The van der Waals surface area contributed by atoms with Gasteiger partial charge in [0.05, 0.1) is 0 Å². The molecule has 0 radical (unpaired) electrons. The van der Waals surface area contributed by atoms with Crippen LogP contribution in [0.15, 0.2) is 16.8 Å². The SMILES string of the molecule is CC=C(CN=[N+]=[N-])C(C)(C)N1CCCCC1. The van der Waals surface area contributed by atoms with Crippen molar-refractivity contribution in [1.82, 2.24) is 4.90 Å². The molecule has 1 heterocycles. The Labute approximate surface area is 98.0 Å². The van der Waals surface area contributed by atoms with E-state index in [0.717, 1.165) is 13.1 Å². The fourth-order valence-corrected chi connectivity index (χ4v) is 2.40. The molecule has 0 amide bonds. The predicted octanol–water partition coefficient (Wildman–Crippen LogP) is 3.51. The van der Waals surface area contributed by atoms with Crippen LogP contribution in [0.4, 0.5) is 0 Å². The summed E-state index contributed by atoms with van der Waals surface area (Å²) in [6.45, 7) is 9.26. The fourth-order valence-electron chi connectivity index (χ4n) is 2.40. The first-order valence-corrected chi connectivity index (χ1v) is 6.04. The predicted molar refractivity (Wildman–Crippen MR) is 67.3 cm³/mol. The van der Waals surface area contributed by atoms with Gasteiger partial charge in [0.2, 0.25) is 0 Å². The second-order valence-corrected chi connectivity index (χ2v) is 4.81. The zero-order valence-electron chi connectivity index (χ0n) is 10.6. The standard InChI is InChI=1S/C12H22N4/c1-4-11(10-14-15-13)12(2,3)16-8-6-5-7-9-16/h4H,5-10H2,1-3H3. The van der Waals surface area contributed by atoms with E-state index in [1.807, 2.05) is 6.92 Å². The van der Waals surface area contributed by atoms with E-state index in [1.165, 1.54) is 24.8 Å². The summed E-state index contributed by atoms with van der Waals surface area (Å²) in [5.74, 6) is 0. The molecule has 90 valence electrons. The van der Waals surface area contributed by atoms with Crippen molar-refractivity contribution in [2.24, 2.45) is 5.11 Å². The molecule has 16 heavy (non-hydrogen) atoms. The molecule has 0 aromatic rings. The van der Waals surface area contributed by atoms with Gasteiger partial charge in [0, 0.05) is 17.0 Å². The second kappa shape index (κ2) is 5.92. The lowest BCUT2D eigenvalue weighted by molar-refractivity contribution is 0.122. The summed E-state index contributed by atoms with van der Waals surface area (Å²) in [7, 11) is 0. The number of likely N-dealkylation sites (tertiary alicyclic amines) is 1. The van der Waals surface area contributed by atoms with Gasteiger partial charge in [-0.05, 0) is 57.8 Å². The van der Waals surface area contributed by atoms with Crippen LogP contribution in [0, 0.1) is 0 Å². The normalized spacial score (nSPS) is 19.3. The molecule has 1 fully saturated rings. The van der Waals surface area contributed by atoms with Gasteiger partial charge < -0.3 is 0 Å². The highest BCUT2D eigenvalue weighted by molar-refractivity contribution is 5.19. The summed E-state index contributed by atoms with van der Waals surface area (Å²) in [5.41, 5.74) is 9.64. The van der Waals surface area contributed by atoms with E-state index in [9.17, 15) is 0 Å². The quantitative estimate of drug-likeness (QED) is 0.311. The van der Waals surface area contributed by atoms with Gasteiger partial charge in [-0.2, -0.15) is 0 Å². The van der Waals surface area contributed by atoms with E-state index >= 15 is 0 Å². The Bertz CT molecular complexity index is 294. The fraction of sp³-hybridized carbons (Fsp3) is 0.833. The summed E-state index contributed by atoms with van der Waals surface area (Å²) in [4.78, 5) is 5.35. The van der Waals surface area contributed by atoms with Crippen molar-refractivity contribution in [3.05, 3.63) is 22.1 Å². The molecule has 4 heteroatoms. The van der Waals surface area contributed by atoms with Crippen molar-refractivity contribution in [3.63, 3.8) is 0 Å². The number of azide groups is 1. The van der Waals surface area contributed by atoms with Crippen LogP contribution in [0.25, 0.3) is 10.4 Å². The number of piperidine rings is 1. The van der Waals surface area contributed by atoms with Crippen molar-refractivity contribution >= 4 is 0 Å². The molecule has 0 unspecified atom stereocenters. The summed E-state index contributed by atoms with van der Waals surface area (Å²) >= 11 is 0. The number of hydrogen-bond donors (Lipinski definition) is 0. The molecule has 0 aliphatic carbocycles. The molecule has 0 atom stereocenters. The maximum absolute atomic E-state index is 8.40. The zero-order chi connectivity index (χ0) is 12.0. The van der Waals surface area contributed by atoms with Crippen molar-refractivity contribution in [3.8, 4) is 0 Å². The van der Waals surface area contributed by atoms with E-state index in [2.05, 4.69) is 34.8 Å². The highest BCUT2D eigenvalue weighted by Crippen LogP contribution is 2.27. The Kier molecular flexibility index (Phi) is 4.84. The zero-order valence-corrected chi connectivity index (χ0v) is 10.6. The monoisotopic (exact) mass is 222 g/mol. The summed E-state index contributed by atoms with van der Waals surface area (Å²) in [6, 6.07) is 0. The number of allylic oxidation sites excluding steroid dienone is 1. The molecule has 1 aliphatic rings. The van der Waals surface area contributed by atoms with Gasteiger partial charge in [-0.3, -0.25) is 4.90 Å². The molecule has 1 rings (SSSR count). The third-order valence-electron chi connectivity index (χ3n) is 3.59. The molecule has 0 aromatic heterocycles. The average Bonchev–Trinajstić information content (AvgIpc) is 2.31. The van der Waals surface area contributed by atoms with Crippen molar-refractivity contribution in [2.75, 3.05) is 19.6 Å². The maximum atomic E-state index is 8.40. The number of rotatable bonds is 4. The highest BCUT2D eigenvalue weighted by atomic mass is 15.2. The lowest BCUT2D eigenvalue weighted by Gasteiger charge is -2.42. The molecule has 0 N–H and O–H groups in total. The van der Waals surface area contributed by atoms with Crippen molar-refractivity contribution in [1.29, 1.82) is 0 Å². The van der Waals surface area contributed by atoms with Crippen LogP contribution in [0.3, 0.4) is 0 Å². The lowest BCUT2D eigenvalue weighted by Crippen LogP contribution is -2.48. The Morgan fingerprint density at radius 1 is 1.38 bits per heavy atom. The summed E-state index contributed by atoms with van der Waals surface area (Å²) in [6.07, 6.45) is 5.99. The third-order valence-corrected chi connectivity index (χ3v) is 3.59. The third kappa shape index (κ3) is 3.00. The molecule has 4 nitrogen and oxygen atoms in total. The van der Waals surface area contributed by atoms with Gasteiger partial charge in [0.15, 0.2) is 0 Å². The molecule has 0 saturated carbocycles. The van der Waals surface area contributed by atoms with Crippen LogP contribution >= 0.6 is 0 Å². The molecule has 1 aliphatic heterocycles. The van der Waals surface area contributed by atoms with Gasteiger partial charge in [0.25, 0.3) is 0 Å². The van der Waals surface area contributed by atoms with Gasteiger partial charge in [0.1, 0.15) is 0 Å². The molecular formula is C12H22N4. The van der Waals surface area contributed by atoms with Gasteiger partial charge in [-0.15, -0.1) is 0 Å². The summed E-state index contributed by atoms with van der Waals surface area (Å²) in [5, 5.41) is 3.69. The van der Waals surface area contributed by atoms with Crippen molar-refractivity contribution in [2.45, 2.75) is 45.6 Å². The first-order chi connectivity index (χ1) is 7.62. The minimum absolute atomic E-state index is 0.0172. The molecule has 0 spiro atoms. The maximum Gasteiger partial charge on any atom is 0.0487 e. The first kappa shape index (κ1) is 13.1. The molecule has 0 aromatic carbocycles. The minimum atomic E-state index is 0.0172. The van der Waals surface area contributed by atoms with E-state index < -0.39 is 0 Å². The first-order valence-electron chi connectivity index (χ1n) is 6.04. The van der Waals surface area contributed by atoms with Crippen LogP contribution in [-0.4, -0.2) is 30.1 Å². The highest BCUT2D eigenvalue weighted by Gasteiger charge is 2.30. The minimum Gasteiger partial charge on any atom is -0.294 e. The number of hydrogen-bond acceptors (Lipinski definition) is 2. The Balaban J connectivity index is 2.75. The smallest absolute Gasteiger partial charge is 0.0487 e. The molecule has 0 bridgehead atoms. The summed E-state index contributed by atoms with van der Waals surface area (Å²) < 4.78 is 0. The Morgan fingerprint density at radius 2 is 2.00 bits per heavy atom. The van der Waals surface area contributed by atoms with E-state index in [1.54, 1.807) is 0 Å². The topological polar surface area (TPSA) is 52.0 Å². The largest absolute Gasteiger partial charge is 0.294 e. The number of nitrogens with zero attached hydrogens (tertiary/aromatic N) is 4. The second-order valence-electron chi connectivity index (χ2n) is 4.81. The van der Waals surface area contributed by atoms with E-state index in [0.29, 0.717) is 6.54 Å². The Morgan fingerprint density at radius 3 is 2.50 bits per heavy atom. The van der Waals surface area contributed by atoms with Gasteiger partial charge in [-0.1, -0.05) is 17.6 Å². The van der Waals surface area contributed by atoms with Crippen molar-refractivity contribution < 1.29 is 0 Å². The average molecular weight is 222 g/mol. The molecular weight excluding hydrogens is 200 g/mol. The van der Waals surface area contributed by atoms with Gasteiger partial charge >= 0.3 is 0 Å². The van der Waals surface area contributed by atoms with Crippen LogP contribution in [0.5, 0.6) is 0 Å².